The van der Waals surface area contributed by atoms with E-state index in [1.165, 1.54) is 11.6 Å². The van der Waals surface area contributed by atoms with E-state index in [9.17, 15) is 4.39 Å². The largest absolute Gasteiger partial charge is 0.493 e. The van der Waals surface area contributed by atoms with Crippen molar-refractivity contribution >= 4 is 11.6 Å². The van der Waals surface area contributed by atoms with Crippen molar-refractivity contribution in [3.05, 3.63) is 63.9 Å². The summed E-state index contributed by atoms with van der Waals surface area (Å²) in [6.07, 6.45) is 0.900. The summed E-state index contributed by atoms with van der Waals surface area (Å²) in [4.78, 5) is 0. The molecule has 1 aliphatic rings. The van der Waals surface area contributed by atoms with Crippen LogP contribution >= 0.6 is 11.6 Å². The maximum Gasteiger partial charge on any atom is 0.128 e. The first-order valence-electron chi connectivity index (χ1n) is 6.57. The van der Waals surface area contributed by atoms with Crippen molar-refractivity contribution in [2.24, 2.45) is 0 Å². The first-order valence-corrected chi connectivity index (χ1v) is 6.94. The Labute approximate surface area is 122 Å². The zero-order valence-electron chi connectivity index (χ0n) is 11.1. The molecule has 0 spiro atoms. The van der Waals surface area contributed by atoms with Crippen molar-refractivity contribution in [1.82, 2.24) is 5.32 Å². The summed E-state index contributed by atoms with van der Waals surface area (Å²) in [5, 5.41) is 3.69. The van der Waals surface area contributed by atoms with Gasteiger partial charge in [-0.05, 0) is 42.4 Å². The minimum Gasteiger partial charge on any atom is -0.493 e. The van der Waals surface area contributed by atoms with Crippen LogP contribution in [0.3, 0.4) is 0 Å². The van der Waals surface area contributed by atoms with Gasteiger partial charge in [0, 0.05) is 17.0 Å². The molecule has 4 heteroatoms. The van der Waals surface area contributed by atoms with E-state index >= 15 is 0 Å². The summed E-state index contributed by atoms with van der Waals surface area (Å²) in [6.45, 7) is 0.717. The number of hydrogen-bond acceptors (Lipinski definition) is 2. The number of nitrogens with one attached hydrogen (secondary N) is 1. The van der Waals surface area contributed by atoms with Crippen molar-refractivity contribution in [1.29, 1.82) is 0 Å². The summed E-state index contributed by atoms with van der Waals surface area (Å²) >= 11 is 5.98. The summed E-state index contributed by atoms with van der Waals surface area (Å²) in [6, 6.07) is 10.4. The van der Waals surface area contributed by atoms with Gasteiger partial charge in [0.05, 0.1) is 12.6 Å². The Morgan fingerprint density at radius 1 is 1.25 bits per heavy atom. The minimum absolute atomic E-state index is 0.223. The predicted octanol–water partition coefficient (Wildman–Crippen LogP) is 3.72. The third-order valence-electron chi connectivity index (χ3n) is 3.60. The van der Waals surface area contributed by atoms with Crippen molar-refractivity contribution in [2.75, 3.05) is 13.7 Å². The van der Waals surface area contributed by atoms with Crippen LogP contribution in [0.5, 0.6) is 5.75 Å². The fourth-order valence-electron chi connectivity index (χ4n) is 2.62. The third kappa shape index (κ3) is 2.39. The molecule has 3 rings (SSSR count). The zero-order valence-corrected chi connectivity index (χ0v) is 11.9. The molecule has 2 nitrogen and oxygen atoms in total. The molecule has 0 aromatic heterocycles. The Hall–Kier alpha value is -1.58. The summed E-state index contributed by atoms with van der Waals surface area (Å²) < 4.78 is 19.5. The van der Waals surface area contributed by atoms with Gasteiger partial charge in [0.25, 0.3) is 0 Å². The normalized spacial score (nSPS) is 14.8. The van der Waals surface area contributed by atoms with E-state index in [2.05, 4.69) is 11.4 Å². The van der Waals surface area contributed by atoms with Crippen LogP contribution in [0, 0.1) is 5.82 Å². The maximum atomic E-state index is 14.0. The summed E-state index contributed by atoms with van der Waals surface area (Å²) in [5.41, 5.74) is 2.74. The Morgan fingerprint density at radius 3 is 2.90 bits per heavy atom. The fourth-order valence-corrected chi connectivity index (χ4v) is 2.80. The molecule has 2 aromatic carbocycles. The van der Waals surface area contributed by atoms with Crippen LogP contribution in [-0.4, -0.2) is 13.7 Å². The Morgan fingerprint density at radius 2 is 2.10 bits per heavy atom. The van der Waals surface area contributed by atoms with E-state index in [0.717, 1.165) is 17.7 Å². The van der Waals surface area contributed by atoms with E-state index in [4.69, 9.17) is 16.3 Å². The molecular formula is C16H15ClFNO. The highest BCUT2D eigenvalue weighted by Crippen LogP contribution is 2.32. The van der Waals surface area contributed by atoms with E-state index in [0.29, 0.717) is 17.2 Å². The lowest BCUT2D eigenvalue weighted by atomic mass is 9.96. The topological polar surface area (TPSA) is 21.3 Å². The SMILES string of the molecule is CNC(c1ccc2c(c1)CCO2)c1cc(Cl)ccc1F. The van der Waals surface area contributed by atoms with Gasteiger partial charge in [0.2, 0.25) is 0 Å². The highest BCUT2D eigenvalue weighted by Gasteiger charge is 2.20. The second kappa shape index (κ2) is 5.43. The monoisotopic (exact) mass is 291 g/mol. The van der Waals surface area contributed by atoms with Crippen LogP contribution in [0.2, 0.25) is 5.02 Å². The van der Waals surface area contributed by atoms with Gasteiger partial charge in [-0.3, -0.25) is 0 Å². The Bertz CT molecular complexity index is 644. The molecular weight excluding hydrogens is 277 g/mol. The molecule has 1 aliphatic heterocycles. The van der Waals surface area contributed by atoms with Gasteiger partial charge >= 0.3 is 0 Å². The quantitative estimate of drug-likeness (QED) is 0.930. The van der Waals surface area contributed by atoms with Crippen molar-refractivity contribution in [3.63, 3.8) is 0 Å². The number of hydrogen-bond donors (Lipinski definition) is 1. The van der Waals surface area contributed by atoms with Crippen LogP contribution < -0.4 is 10.1 Å². The van der Waals surface area contributed by atoms with Gasteiger partial charge in [-0.15, -0.1) is 0 Å². The lowest BCUT2D eigenvalue weighted by molar-refractivity contribution is 0.357. The van der Waals surface area contributed by atoms with E-state index in [-0.39, 0.29) is 11.9 Å². The molecule has 20 heavy (non-hydrogen) atoms. The molecule has 0 fully saturated rings. The lowest BCUT2D eigenvalue weighted by Gasteiger charge is -2.19. The molecule has 1 N–H and O–H groups in total. The smallest absolute Gasteiger partial charge is 0.128 e. The van der Waals surface area contributed by atoms with Crippen molar-refractivity contribution < 1.29 is 9.13 Å². The summed E-state index contributed by atoms with van der Waals surface area (Å²) in [5.74, 6) is 0.667. The molecule has 0 aliphatic carbocycles. The maximum absolute atomic E-state index is 14.0. The molecule has 0 bridgehead atoms. The zero-order chi connectivity index (χ0) is 14.1. The van der Waals surface area contributed by atoms with Gasteiger partial charge in [-0.2, -0.15) is 0 Å². The van der Waals surface area contributed by atoms with Crippen LogP contribution in [0.4, 0.5) is 4.39 Å². The van der Waals surface area contributed by atoms with Gasteiger partial charge in [0.1, 0.15) is 11.6 Å². The van der Waals surface area contributed by atoms with Gasteiger partial charge in [-0.1, -0.05) is 23.7 Å². The first kappa shape index (κ1) is 13.4. The Balaban J connectivity index is 2.03. The fraction of sp³-hybridized carbons (Fsp3) is 0.250. The van der Waals surface area contributed by atoms with Crippen LogP contribution in [0.1, 0.15) is 22.7 Å². The predicted molar refractivity (Wildman–Crippen MR) is 78.0 cm³/mol. The van der Waals surface area contributed by atoms with Crippen molar-refractivity contribution in [2.45, 2.75) is 12.5 Å². The minimum atomic E-state index is -0.259. The van der Waals surface area contributed by atoms with Gasteiger partial charge < -0.3 is 10.1 Å². The number of halogens is 2. The van der Waals surface area contributed by atoms with E-state index in [1.54, 1.807) is 12.1 Å². The van der Waals surface area contributed by atoms with E-state index in [1.807, 2.05) is 19.2 Å². The number of rotatable bonds is 3. The van der Waals surface area contributed by atoms with E-state index < -0.39 is 0 Å². The highest BCUT2D eigenvalue weighted by atomic mass is 35.5. The Kier molecular flexibility index (Phi) is 3.64. The molecule has 1 heterocycles. The van der Waals surface area contributed by atoms with Crippen LogP contribution in [0.15, 0.2) is 36.4 Å². The van der Waals surface area contributed by atoms with Gasteiger partial charge in [0.15, 0.2) is 0 Å². The third-order valence-corrected chi connectivity index (χ3v) is 3.84. The lowest BCUT2D eigenvalue weighted by Crippen LogP contribution is -2.19. The van der Waals surface area contributed by atoms with Gasteiger partial charge in [-0.25, -0.2) is 4.39 Å². The number of ether oxygens (including phenoxy) is 1. The molecule has 0 saturated carbocycles. The first-order chi connectivity index (χ1) is 9.69. The van der Waals surface area contributed by atoms with Crippen molar-refractivity contribution in [3.8, 4) is 5.75 Å². The molecule has 104 valence electrons. The molecule has 0 radical (unpaired) electrons. The number of fused-ring (bicyclic) bond motifs is 1. The average Bonchev–Trinajstić information content (AvgIpc) is 2.91. The molecule has 1 unspecified atom stereocenters. The second-order valence-electron chi connectivity index (χ2n) is 4.85. The molecule has 2 aromatic rings. The standard InChI is InChI=1S/C16H15ClFNO/c1-19-16(13-9-12(17)3-4-14(13)18)11-2-5-15-10(8-11)6-7-20-15/h2-5,8-9,16,19H,6-7H2,1H3. The second-order valence-corrected chi connectivity index (χ2v) is 5.29. The average molecular weight is 292 g/mol. The molecule has 0 saturated heterocycles. The number of benzene rings is 2. The molecule has 1 atom stereocenters. The molecule has 0 amide bonds. The highest BCUT2D eigenvalue weighted by molar-refractivity contribution is 6.30. The summed E-state index contributed by atoms with van der Waals surface area (Å²) in [7, 11) is 1.81. The van der Waals surface area contributed by atoms with Crippen LogP contribution in [0.25, 0.3) is 0 Å². The van der Waals surface area contributed by atoms with Crippen LogP contribution in [-0.2, 0) is 6.42 Å².